The van der Waals surface area contributed by atoms with Crippen molar-refractivity contribution in [1.29, 1.82) is 0 Å². The van der Waals surface area contributed by atoms with Crippen LogP contribution in [0.3, 0.4) is 0 Å². The summed E-state index contributed by atoms with van der Waals surface area (Å²) >= 11 is 0. The van der Waals surface area contributed by atoms with Crippen LogP contribution < -0.4 is 15.4 Å². The number of amides is 1. The van der Waals surface area contributed by atoms with E-state index in [1.54, 1.807) is 12.4 Å². The Kier molecular flexibility index (Phi) is 8.38. The molecule has 6 rings (SSSR count). The lowest BCUT2D eigenvalue weighted by atomic mass is 9.97. The molecule has 1 unspecified atom stereocenters. The highest BCUT2D eigenvalue weighted by Crippen LogP contribution is 2.35. The zero-order valence-corrected chi connectivity index (χ0v) is 23.8. The first-order valence-electron chi connectivity index (χ1n) is 14.5. The van der Waals surface area contributed by atoms with Crippen molar-refractivity contribution >= 4 is 5.91 Å². The van der Waals surface area contributed by atoms with Crippen LogP contribution in [0, 0.1) is 0 Å². The summed E-state index contributed by atoms with van der Waals surface area (Å²) in [7, 11) is 0. The third-order valence-corrected chi connectivity index (χ3v) is 7.87. The number of carbonyl (C=O) groups excluding carboxylic acids is 1. The van der Waals surface area contributed by atoms with E-state index in [1.165, 1.54) is 22.3 Å². The number of aromatic nitrogens is 3. The Morgan fingerprint density at radius 2 is 1.76 bits per heavy atom. The molecule has 0 radical (unpaired) electrons. The van der Waals surface area contributed by atoms with E-state index in [0.717, 1.165) is 36.2 Å². The lowest BCUT2D eigenvalue weighted by Crippen LogP contribution is -2.30. The van der Waals surface area contributed by atoms with Gasteiger partial charge in [0.05, 0.1) is 24.2 Å². The molecule has 7 heteroatoms. The maximum Gasteiger partial charge on any atom is 0.255 e. The summed E-state index contributed by atoms with van der Waals surface area (Å²) in [5, 5.41) is 6.70. The van der Waals surface area contributed by atoms with E-state index < -0.39 is 0 Å². The van der Waals surface area contributed by atoms with Crippen molar-refractivity contribution in [2.75, 3.05) is 6.61 Å². The number of fused-ring (bicyclic) bond motifs is 1. The van der Waals surface area contributed by atoms with Gasteiger partial charge in [0, 0.05) is 56.3 Å². The number of pyridine rings is 1. The minimum Gasteiger partial charge on any atom is -0.492 e. The first-order valence-corrected chi connectivity index (χ1v) is 14.5. The van der Waals surface area contributed by atoms with E-state index >= 15 is 0 Å². The maximum atomic E-state index is 13.1. The molecule has 0 aliphatic carbocycles. The normalized spacial score (nSPS) is 14.2. The number of nitrogens with zero attached hydrogens (tertiary/aromatic N) is 3. The molecule has 0 fully saturated rings. The van der Waals surface area contributed by atoms with Crippen LogP contribution in [0.1, 0.15) is 57.7 Å². The number of aryl methyl sites for hydroxylation is 1. The minimum absolute atomic E-state index is 0.0722. The molecule has 1 aliphatic rings. The number of rotatable bonds is 10. The number of benzene rings is 3. The summed E-state index contributed by atoms with van der Waals surface area (Å²) in [6, 6.07) is 27.1. The fourth-order valence-corrected chi connectivity index (χ4v) is 5.56. The number of hydrogen-bond donors (Lipinski definition) is 2. The number of carbonyl (C=O) groups is 1. The average molecular weight is 558 g/mol. The van der Waals surface area contributed by atoms with E-state index in [-0.39, 0.29) is 11.9 Å². The maximum absolute atomic E-state index is 13.1. The number of imidazole rings is 1. The smallest absolute Gasteiger partial charge is 0.255 e. The van der Waals surface area contributed by atoms with Gasteiger partial charge in [-0.25, -0.2) is 4.98 Å². The Morgan fingerprint density at radius 1 is 0.929 bits per heavy atom. The van der Waals surface area contributed by atoms with Crippen molar-refractivity contribution in [3.63, 3.8) is 0 Å². The highest BCUT2D eigenvalue weighted by Gasteiger charge is 2.26. The monoisotopic (exact) mass is 557 g/mol. The number of para-hydroxylation sites is 1. The summed E-state index contributed by atoms with van der Waals surface area (Å²) in [5.41, 5.74) is 8.80. The third-order valence-electron chi connectivity index (χ3n) is 7.87. The number of nitrogens with one attached hydrogen (secondary N) is 2. The van der Waals surface area contributed by atoms with E-state index in [1.807, 2.05) is 42.9 Å². The number of ether oxygens (including phenoxy) is 1. The molecule has 1 amide bonds. The second kappa shape index (κ2) is 12.8. The van der Waals surface area contributed by atoms with Gasteiger partial charge in [-0.1, -0.05) is 67.6 Å². The Morgan fingerprint density at radius 3 is 2.60 bits per heavy atom. The number of hydrogen-bond acceptors (Lipinski definition) is 5. The predicted molar refractivity (Wildman–Crippen MR) is 164 cm³/mol. The largest absolute Gasteiger partial charge is 0.492 e. The molecule has 212 valence electrons. The summed E-state index contributed by atoms with van der Waals surface area (Å²) < 4.78 is 8.21. The molecule has 2 aromatic heterocycles. The van der Waals surface area contributed by atoms with Crippen LogP contribution in [-0.4, -0.2) is 27.0 Å². The Labute approximate surface area is 246 Å². The van der Waals surface area contributed by atoms with Gasteiger partial charge in [0.15, 0.2) is 0 Å². The molecule has 3 heterocycles. The van der Waals surface area contributed by atoms with E-state index in [0.29, 0.717) is 31.0 Å². The van der Waals surface area contributed by atoms with Crippen LogP contribution in [0.5, 0.6) is 5.75 Å². The summed E-state index contributed by atoms with van der Waals surface area (Å²) in [6.45, 7) is 4.59. The highest BCUT2D eigenvalue weighted by molar-refractivity contribution is 5.97. The first kappa shape index (κ1) is 27.4. The molecule has 0 spiro atoms. The zero-order valence-electron chi connectivity index (χ0n) is 23.8. The zero-order chi connectivity index (χ0) is 28.7. The molecule has 1 aliphatic heterocycles. The van der Waals surface area contributed by atoms with Crippen molar-refractivity contribution in [3.8, 4) is 16.9 Å². The lowest BCUT2D eigenvalue weighted by molar-refractivity contribution is 0.0945. The summed E-state index contributed by atoms with van der Waals surface area (Å²) in [5.74, 6) is 0.512. The highest BCUT2D eigenvalue weighted by atomic mass is 16.5. The molecule has 42 heavy (non-hydrogen) atoms. The van der Waals surface area contributed by atoms with Crippen molar-refractivity contribution in [1.82, 2.24) is 25.2 Å². The third kappa shape index (κ3) is 6.11. The Bertz CT molecular complexity index is 1650. The Hall–Kier alpha value is -4.75. The molecule has 0 saturated carbocycles. The fraction of sp³-hybridized carbons (Fsp3) is 0.229. The molecular formula is C35H35N5O2. The second-order valence-corrected chi connectivity index (χ2v) is 10.6. The average Bonchev–Trinajstić information content (AvgIpc) is 3.49. The first-order chi connectivity index (χ1) is 20.7. The van der Waals surface area contributed by atoms with Crippen molar-refractivity contribution < 1.29 is 9.53 Å². The molecular weight excluding hydrogens is 522 g/mol. The van der Waals surface area contributed by atoms with Gasteiger partial charge in [-0.15, -0.1) is 0 Å². The van der Waals surface area contributed by atoms with Gasteiger partial charge >= 0.3 is 0 Å². The molecule has 5 aromatic rings. The van der Waals surface area contributed by atoms with Crippen LogP contribution in [0.4, 0.5) is 0 Å². The van der Waals surface area contributed by atoms with Crippen LogP contribution in [0.25, 0.3) is 11.1 Å². The van der Waals surface area contributed by atoms with Crippen molar-refractivity contribution in [2.24, 2.45) is 0 Å². The van der Waals surface area contributed by atoms with E-state index in [2.05, 4.69) is 80.6 Å². The fourth-order valence-electron chi connectivity index (χ4n) is 5.56. The van der Waals surface area contributed by atoms with Gasteiger partial charge < -0.3 is 19.9 Å². The summed E-state index contributed by atoms with van der Waals surface area (Å²) in [6.07, 6.45) is 9.09. The van der Waals surface area contributed by atoms with Gasteiger partial charge in [-0.05, 0) is 52.4 Å². The van der Waals surface area contributed by atoms with Crippen LogP contribution in [0.2, 0.25) is 0 Å². The van der Waals surface area contributed by atoms with Gasteiger partial charge in [0.2, 0.25) is 0 Å². The summed E-state index contributed by atoms with van der Waals surface area (Å²) in [4.78, 5) is 21.5. The molecule has 0 bridgehead atoms. The predicted octanol–water partition coefficient (Wildman–Crippen LogP) is 6.10. The van der Waals surface area contributed by atoms with Crippen LogP contribution in [-0.2, 0) is 26.1 Å². The molecule has 2 N–H and O–H groups in total. The SMILES string of the molecule is CCc1ccccc1-c1ccc(Cn2cncc2CNC2CCOc3c(C(=O)NCc4ccncc4)cccc32)cc1. The van der Waals surface area contributed by atoms with Crippen molar-refractivity contribution in [3.05, 3.63) is 137 Å². The Balaban J connectivity index is 1.11. The van der Waals surface area contributed by atoms with Gasteiger partial charge in [-0.3, -0.25) is 9.78 Å². The topological polar surface area (TPSA) is 81.1 Å². The molecule has 1 atom stereocenters. The van der Waals surface area contributed by atoms with Crippen LogP contribution >= 0.6 is 0 Å². The minimum atomic E-state index is -0.147. The molecule has 3 aromatic carbocycles. The second-order valence-electron chi connectivity index (χ2n) is 10.6. The van der Waals surface area contributed by atoms with Gasteiger partial charge in [0.25, 0.3) is 5.91 Å². The van der Waals surface area contributed by atoms with E-state index in [4.69, 9.17) is 4.74 Å². The van der Waals surface area contributed by atoms with Gasteiger partial charge in [0.1, 0.15) is 5.75 Å². The molecule has 7 nitrogen and oxygen atoms in total. The lowest BCUT2D eigenvalue weighted by Gasteiger charge is -2.28. The quantitative estimate of drug-likeness (QED) is 0.217. The molecule has 0 saturated heterocycles. The van der Waals surface area contributed by atoms with Crippen molar-refractivity contribution in [2.45, 2.75) is 45.4 Å². The van der Waals surface area contributed by atoms with Gasteiger partial charge in [-0.2, -0.15) is 0 Å². The standard InChI is InChI=1S/C35H35N5O2/c1-2-27-6-3-4-7-30(27)28-12-10-26(11-13-28)23-40-24-37-21-29(40)22-38-33-16-19-42-34-31(33)8-5-9-32(34)35(41)39-20-25-14-17-36-18-15-25/h3-15,17-18,21,24,33,38H,2,16,19-20,22-23H2,1H3,(H,39,41). The van der Waals surface area contributed by atoms with Crippen LogP contribution in [0.15, 0.2) is 104 Å². The van der Waals surface area contributed by atoms with E-state index in [9.17, 15) is 4.79 Å².